The molecule has 1 heterocycles. The minimum Gasteiger partial charge on any atom is -0.481 e. The number of aliphatic carboxylic acids is 1. The van der Waals surface area contributed by atoms with Crippen molar-refractivity contribution in [2.24, 2.45) is 11.8 Å². The summed E-state index contributed by atoms with van der Waals surface area (Å²) in [6.07, 6.45) is 2.49. The van der Waals surface area contributed by atoms with E-state index in [0.717, 1.165) is 5.69 Å². The number of carboxylic acids is 1. The van der Waals surface area contributed by atoms with Crippen molar-refractivity contribution in [2.45, 2.75) is 24.9 Å². The van der Waals surface area contributed by atoms with Gasteiger partial charge in [0.05, 0.1) is 5.92 Å². The first-order chi connectivity index (χ1) is 8.58. The second-order valence-corrected chi connectivity index (χ2v) is 5.33. The van der Waals surface area contributed by atoms with Gasteiger partial charge in [0, 0.05) is 30.0 Å². The smallest absolute Gasteiger partial charge is 0.307 e. The van der Waals surface area contributed by atoms with Gasteiger partial charge in [-0.2, -0.15) is 0 Å². The number of carbonyl (C=O) groups excluding carboxylic acids is 1. The lowest BCUT2D eigenvalue weighted by atomic mass is 9.98. The van der Waals surface area contributed by atoms with Gasteiger partial charge in [-0.25, -0.2) is 9.97 Å². The first kappa shape index (κ1) is 13.0. The zero-order valence-electron chi connectivity index (χ0n) is 10.00. The number of nitrogens with zero attached hydrogens (tertiary/aromatic N) is 2. The maximum absolute atomic E-state index is 11.7. The largest absolute Gasteiger partial charge is 0.481 e. The van der Waals surface area contributed by atoms with Gasteiger partial charge in [0.25, 0.3) is 0 Å². The summed E-state index contributed by atoms with van der Waals surface area (Å²) in [4.78, 5) is 31.0. The number of carbonyl (C=O) groups is 2. The van der Waals surface area contributed by atoms with E-state index in [0.29, 0.717) is 23.8 Å². The van der Waals surface area contributed by atoms with E-state index in [9.17, 15) is 9.59 Å². The third kappa shape index (κ3) is 2.87. The lowest BCUT2D eigenvalue weighted by Gasteiger charge is -2.13. The Hall–Kier alpha value is -1.43. The van der Waals surface area contributed by atoms with Crippen LogP contribution in [0.25, 0.3) is 0 Å². The van der Waals surface area contributed by atoms with Crippen molar-refractivity contribution < 1.29 is 14.7 Å². The monoisotopic (exact) mass is 266 g/mol. The Labute approximate surface area is 109 Å². The summed E-state index contributed by atoms with van der Waals surface area (Å²) in [7, 11) is 0. The lowest BCUT2D eigenvalue weighted by Crippen LogP contribution is -2.24. The third-order valence-corrected chi connectivity index (χ3v) is 4.06. The van der Waals surface area contributed by atoms with E-state index in [1.807, 2.05) is 6.92 Å². The Morgan fingerprint density at radius 1 is 1.61 bits per heavy atom. The van der Waals surface area contributed by atoms with Gasteiger partial charge in [0.1, 0.15) is 5.78 Å². The van der Waals surface area contributed by atoms with Gasteiger partial charge in [-0.1, -0.05) is 11.8 Å². The van der Waals surface area contributed by atoms with E-state index < -0.39 is 17.8 Å². The van der Waals surface area contributed by atoms with Gasteiger partial charge in [-0.15, -0.1) is 0 Å². The Morgan fingerprint density at radius 2 is 2.39 bits per heavy atom. The van der Waals surface area contributed by atoms with Crippen LogP contribution in [0.15, 0.2) is 17.4 Å². The van der Waals surface area contributed by atoms with E-state index in [-0.39, 0.29) is 5.78 Å². The van der Waals surface area contributed by atoms with Crippen LogP contribution < -0.4 is 0 Å². The van der Waals surface area contributed by atoms with Crippen molar-refractivity contribution in [3.05, 3.63) is 18.0 Å². The number of Topliss-reactive ketones (excluding diaryl/α,β-unsaturated/α-hetero) is 1. The minimum absolute atomic E-state index is 0.0440. The van der Waals surface area contributed by atoms with Crippen molar-refractivity contribution in [1.29, 1.82) is 0 Å². The molecular formula is C12H14N2O3S. The second kappa shape index (κ2) is 5.48. The van der Waals surface area contributed by atoms with E-state index in [1.165, 1.54) is 11.8 Å². The van der Waals surface area contributed by atoms with Crippen molar-refractivity contribution in [2.75, 3.05) is 5.75 Å². The first-order valence-electron chi connectivity index (χ1n) is 5.76. The standard InChI is InChI=1S/C12H14N2O3S/c1-7-4-5-13-12(14-7)18-6-9-8(11(16)17)2-3-10(9)15/h4-5,8-9H,2-3,6H2,1H3,(H,16,17)/t8-,9+/m1/s1. The predicted octanol–water partition coefficient (Wildman–Crippen LogP) is 1.56. The summed E-state index contributed by atoms with van der Waals surface area (Å²) in [6, 6.07) is 1.80. The fourth-order valence-corrected chi connectivity index (χ4v) is 3.16. The molecule has 0 radical (unpaired) electrons. The van der Waals surface area contributed by atoms with Gasteiger partial charge in [-0.3, -0.25) is 9.59 Å². The van der Waals surface area contributed by atoms with Gasteiger partial charge in [-0.05, 0) is 19.4 Å². The molecule has 1 aromatic rings. The van der Waals surface area contributed by atoms with Crippen LogP contribution in [-0.4, -0.2) is 32.6 Å². The fourth-order valence-electron chi connectivity index (χ4n) is 2.07. The maximum atomic E-state index is 11.7. The quantitative estimate of drug-likeness (QED) is 0.658. The Morgan fingerprint density at radius 3 is 3.06 bits per heavy atom. The number of hydrogen-bond acceptors (Lipinski definition) is 5. The molecule has 1 saturated carbocycles. The van der Waals surface area contributed by atoms with Crippen LogP contribution in [0.4, 0.5) is 0 Å². The van der Waals surface area contributed by atoms with Crippen LogP contribution in [0.1, 0.15) is 18.5 Å². The van der Waals surface area contributed by atoms with Crippen LogP contribution >= 0.6 is 11.8 Å². The number of aryl methyl sites for hydroxylation is 1. The molecule has 0 aromatic carbocycles. The molecule has 96 valence electrons. The molecule has 0 unspecified atom stereocenters. The minimum atomic E-state index is -0.878. The highest BCUT2D eigenvalue weighted by atomic mass is 32.2. The number of hydrogen-bond donors (Lipinski definition) is 1. The average molecular weight is 266 g/mol. The summed E-state index contributed by atoms with van der Waals surface area (Å²) < 4.78 is 0. The molecule has 2 atom stereocenters. The SMILES string of the molecule is Cc1ccnc(SC[C@@H]2C(=O)CC[C@H]2C(=O)O)n1. The van der Waals surface area contributed by atoms with Gasteiger partial charge in [0.15, 0.2) is 5.16 Å². The molecule has 1 aliphatic rings. The fraction of sp³-hybridized carbons (Fsp3) is 0.500. The second-order valence-electron chi connectivity index (χ2n) is 4.35. The summed E-state index contributed by atoms with van der Waals surface area (Å²) in [5, 5.41) is 9.65. The molecule has 6 heteroatoms. The summed E-state index contributed by atoms with van der Waals surface area (Å²) in [5.41, 5.74) is 0.861. The Kier molecular flexibility index (Phi) is 3.96. The molecule has 1 aliphatic carbocycles. The zero-order chi connectivity index (χ0) is 13.1. The zero-order valence-corrected chi connectivity index (χ0v) is 10.8. The highest BCUT2D eigenvalue weighted by Gasteiger charge is 2.39. The third-order valence-electron chi connectivity index (χ3n) is 3.08. The molecule has 1 aromatic heterocycles. The topological polar surface area (TPSA) is 80.2 Å². The van der Waals surface area contributed by atoms with Crippen molar-refractivity contribution in [3.63, 3.8) is 0 Å². The number of rotatable bonds is 4. The number of carboxylic acid groups (broad SMARTS) is 1. The summed E-state index contributed by atoms with van der Waals surface area (Å²) in [6.45, 7) is 1.87. The Bertz CT molecular complexity index is 478. The average Bonchev–Trinajstić information content (AvgIpc) is 2.68. The van der Waals surface area contributed by atoms with Crippen LogP contribution in [0.2, 0.25) is 0 Å². The molecule has 1 fully saturated rings. The molecule has 18 heavy (non-hydrogen) atoms. The number of aromatic nitrogens is 2. The van der Waals surface area contributed by atoms with Gasteiger partial charge in [0.2, 0.25) is 0 Å². The molecule has 0 saturated heterocycles. The van der Waals surface area contributed by atoms with E-state index in [4.69, 9.17) is 5.11 Å². The van der Waals surface area contributed by atoms with Crippen LogP contribution in [0.3, 0.4) is 0 Å². The molecule has 1 N–H and O–H groups in total. The predicted molar refractivity (Wildman–Crippen MR) is 66.3 cm³/mol. The first-order valence-corrected chi connectivity index (χ1v) is 6.74. The number of ketones is 1. The van der Waals surface area contributed by atoms with Gasteiger partial charge < -0.3 is 5.11 Å². The summed E-state index contributed by atoms with van der Waals surface area (Å²) >= 11 is 1.35. The van der Waals surface area contributed by atoms with Crippen molar-refractivity contribution in [3.8, 4) is 0 Å². The molecule has 0 amide bonds. The van der Waals surface area contributed by atoms with Crippen molar-refractivity contribution in [1.82, 2.24) is 9.97 Å². The van der Waals surface area contributed by atoms with Crippen LogP contribution in [0, 0.1) is 18.8 Å². The van der Waals surface area contributed by atoms with Crippen LogP contribution in [0.5, 0.6) is 0 Å². The molecule has 0 bridgehead atoms. The van der Waals surface area contributed by atoms with E-state index in [2.05, 4.69) is 9.97 Å². The molecular weight excluding hydrogens is 252 g/mol. The Balaban J connectivity index is 2.00. The highest BCUT2D eigenvalue weighted by molar-refractivity contribution is 7.99. The van der Waals surface area contributed by atoms with E-state index in [1.54, 1.807) is 12.3 Å². The van der Waals surface area contributed by atoms with Gasteiger partial charge >= 0.3 is 5.97 Å². The lowest BCUT2D eigenvalue weighted by molar-refractivity contribution is -0.143. The highest BCUT2D eigenvalue weighted by Crippen LogP contribution is 2.32. The number of thioether (sulfide) groups is 1. The van der Waals surface area contributed by atoms with Crippen molar-refractivity contribution >= 4 is 23.5 Å². The molecule has 0 spiro atoms. The molecule has 2 rings (SSSR count). The normalized spacial score (nSPS) is 23.3. The maximum Gasteiger partial charge on any atom is 0.307 e. The van der Waals surface area contributed by atoms with E-state index >= 15 is 0 Å². The molecule has 0 aliphatic heterocycles. The van der Waals surface area contributed by atoms with Crippen LogP contribution in [-0.2, 0) is 9.59 Å². The summed E-state index contributed by atoms with van der Waals surface area (Å²) in [5.74, 6) is -1.34. The molecule has 5 nitrogen and oxygen atoms in total.